The van der Waals surface area contributed by atoms with Crippen molar-refractivity contribution in [3.05, 3.63) is 11.0 Å². The van der Waals surface area contributed by atoms with Crippen LogP contribution in [0.4, 0.5) is 0 Å². The topological polar surface area (TPSA) is 101 Å². The predicted octanol–water partition coefficient (Wildman–Crippen LogP) is -0.121. The molecule has 76 valence electrons. The summed E-state index contributed by atoms with van der Waals surface area (Å²) in [6.07, 6.45) is 0. The molecule has 0 aromatic rings. The lowest BCUT2D eigenvalue weighted by Crippen LogP contribution is -2.10. The van der Waals surface area contributed by atoms with Gasteiger partial charge in [0.25, 0.3) is 10.1 Å². The Morgan fingerprint density at radius 3 is 2.38 bits per heavy atom. The van der Waals surface area contributed by atoms with Crippen LogP contribution in [0.1, 0.15) is 6.92 Å². The van der Waals surface area contributed by atoms with Gasteiger partial charge in [-0.3, -0.25) is 4.55 Å². The highest BCUT2D eigenvalue weighted by molar-refractivity contribution is 7.88. The summed E-state index contributed by atoms with van der Waals surface area (Å²) in [5.41, 5.74) is -0.510. The number of hydrogen-bond donors (Lipinski definition) is 2. The van der Waals surface area contributed by atoms with Crippen molar-refractivity contribution in [1.29, 1.82) is 0 Å². The summed E-state index contributed by atoms with van der Waals surface area (Å²) in [7, 11) is -4.42. The summed E-state index contributed by atoms with van der Waals surface area (Å²) < 4.78 is 33.5. The third-order valence-corrected chi connectivity index (χ3v) is 1.61. The molecule has 0 amide bonds. The van der Waals surface area contributed by atoms with Crippen molar-refractivity contribution in [3.63, 3.8) is 0 Å². The molecule has 0 aromatic carbocycles. The summed E-state index contributed by atoms with van der Waals surface area (Å²) in [6, 6.07) is 0. The number of carboxylic acid groups (broad SMARTS) is 1. The quantitative estimate of drug-likeness (QED) is 0.484. The first kappa shape index (κ1) is 12.1. The molecule has 0 saturated heterocycles. The van der Waals surface area contributed by atoms with Crippen LogP contribution in [0.25, 0.3) is 0 Å². The minimum atomic E-state index is -4.42. The molecule has 2 N–H and O–H groups in total. The SMILES string of the molecule is CCOC/C(=C\S(=O)(=O)O)C(=O)O. The molecule has 0 rings (SSSR count). The van der Waals surface area contributed by atoms with Crippen LogP contribution in [0.5, 0.6) is 0 Å². The van der Waals surface area contributed by atoms with Crippen molar-refractivity contribution in [1.82, 2.24) is 0 Å². The van der Waals surface area contributed by atoms with Gasteiger partial charge in [0.05, 0.1) is 17.6 Å². The molecule has 0 spiro atoms. The molecule has 7 heteroatoms. The van der Waals surface area contributed by atoms with Gasteiger partial charge in [0, 0.05) is 6.61 Å². The van der Waals surface area contributed by atoms with Crippen molar-refractivity contribution in [2.45, 2.75) is 6.92 Å². The zero-order valence-electron chi connectivity index (χ0n) is 6.93. The van der Waals surface area contributed by atoms with Crippen LogP contribution in [0, 0.1) is 0 Å². The van der Waals surface area contributed by atoms with Crippen LogP contribution in [0.3, 0.4) is 0 Å². The molecule has 0 saturated carbocycles. The molecule has 0 aliphatic rings. The van der Waals surface area contributed by atoms with Crippen molar-refractivity contribution >= 4 is 16.1 Å². The van der Waals surface area contributed by atoms with Gasteiger partial charge in [0.2, 0.25) is 0 Å². The summed E-state index contributed by atoms with van der Waals surface area (Å²) in [5, 5.41) is 8.69. The van der Waals surface area contributed by atoms with Gasteiger partial charge in [-0.2, -0.15) is 8.42 Å². The number of carboxylic acids is 1. The van der Waals surface area contributed by atoms with E-state index in [9.17, 15) is 13.2 Å². The lowest BCUT2D eigenvalue weighted by molar-refractivity contribution is -0.133. The largest absolute Gasteiger partial charge is 0.478 e. The fourth-order valence-corrected chi connectivity index (χ4v) is 1.07. The van der Waals surface area contributed by atoms with E-state index in [1.807, 2.05) is 0 Å². The van der Waals surface area contributed by atoms with Gasteiger partial charge >= 0.3 is 5.97 Å². The second kappa shape index (κ2) is 4.95. The minimum Gasteiger partial charge on any atom is -0.478 e. The molecule has 0 radical (unpaired) electrons. The smallest absolute Gasteiger partial charge is 0.334 e. The Balaban J connectivity index is 4.62. The fourth-order valence-electron chi connectivity index (χ4n) is 0.538. The van der Waals surface area contributed by atoms with Crippen LogP contribution in [-0.2, 0) is 19.6 Å². The highest BCUT2D eigenvalue weighted by Crippen LogP contribution is 1.99. The highest BCUT2D eigenvalue weighted by Gasteiger charge is 2.11. The lowest BCUT2D eigenvalue weighted by Gasteiger charge is -2.00. The first-order chi connectivity index (χ1) is 5.87. The van der Waals surface area contributed by atoms with E-state index in [1.165, 1.54) is 0 Å². The molecular weight excluding hydrogens is 200 g/mol. The monoisotopic (exact) mass is 210 g/mol. The molecule has 0 heterocycles. The number of rotatable bonds is 5. The van der Waals surface area contributed by atoms with E-state index in [0.717, 1.165) is 0 Å². The first-order valence-electron chi connectivity index (χ1n) is 3.36. The van der Waals surface area contributed by atoms with Gasteiger partial charge in [-0.05, 0) is 6.92 Å². The van der Waals surface area contributed by atoms with Gasteiger partial charge in [-0.1, -0.05) is 0 Å². The molecule has 6 nitrogen and oxygen atoms in total. The van der Waals surface area contributed by atoms with Gasteiger partial charge in [0.1, 0.15) is 0 Å². The standard InChI is InChI=1S/C6H10O6S/c1-2-12-3-5(6(7)8)4-13(9,10)11/h4H,2-3H2,1H3,(H,7,8)(H,9,10,11)/b5-4+. The summed E-state index contributed by atoms with van der Waals surface area (Å²) in [4.78, 5) is 10.4. The van der Waals surface area contributed by atoms with Crippen LogP contribution >= 0.6 is 0 Å². The highest BCUT2D eigenvalue weighted by atomic mass is 32.2. The average Bonchev–Trinajstić information content (AvgIpc) is 1.95. The molecule has 0 aliphatic heterocycles. The van der Waals surface area contributed by atoms with Gasteiger partial charge in [-0.15, -0.1) is 0 Å². The van der Waals surface area contributed by atoms with Crippen molar-refractivity contribution < 1.29 is 27.6 Å². The second-order valence-corrected chi connectivity index (χ2v) is 3.37. The average molecular weight is 210 g/mol. The van der Waals surface area contributed by atoms with E-state index in [1.54, 1.807) is 6.92 Å². The maximum Gasteiger partial charge on any atom is 0.334 e. The first-order valence-corrected chi connectivity index (χ1v) is 4.86. The molecule has 0 atom stereocenters. The molecule has 0 aliphatic carbocycles. The predicted molar refractivity (Wildman–Crippen MR) is 43.8 cm³/mol. The Bertz CT molecular complexity index is 301. The van der Waals surface area contributed by atoms with Crippen LogP contribution in [-0.4, -0.2) is 37.3 Å². The van der Waals surface area contributed by atoms with Crippen molar-refractivity contribution in [2.75, 3.05) is 13.2 Å². The summed E-state index contributed by atoms with van der Waals surface area (Å²) >= 11 is 0. The number of aliphatic carboxylic acids is 1. The number of carbonyl (C=O) groups is 1. The molecule has 0 bridgehead atoms. The molecule has 0 fully saturated rings. The zero-order valence-corrected chi connectivity index (χ0v) is 7.74. The Labute approximate surface area is 75.6 Å². The Morgan fingerprint density at radius 1 is 1.54 bits per heavy atom. The minimum absolute atomic E-state index is 0.255. The summed E-state index contributed by atoms with van der Waals surface area (Å²) in [5.74, 6) is -1.44. The van der Waals surface area contributed by atoms with E-state index < -0.39 is 21.7 Å². The Hall–Kier alpha value is -0.920. The van der Waals surface area contributed by atoms with Gasteiger partial charge < -0.3 is 9.84 Å². The lowest BCUT2D eigenvalue weighted by atomic mass is 10.3. The maximum atomic E-state index is 10.4. The molecule has 0 aromatic heterocycles. The maximum absolute atomic E-state index is 10.4. The van der Waals surface area contributed by atoms with Crippen LogP contribution in [0.15, 0.2) is 11.0 Å². The van der Waals surface area contributed by atoms with E-state index in [4.69, 9.17) is 9.66 Å². The van der Waals surface area contributed by atoms with E-state index in [2.05, 4.69) is 4.74 Å². The van der Waals surface area contributed by atoms with Crippen LogP contribution < -0.4 is 0 Å². The fraction of sp³-hybridized carbons (Fsp3) is 0.500. The molecule has 0 unspecified atom stereocenters. The zero-order chi connectivity index (χ0) is 10.5. The van der Waals surface area contributed by atoms with Gasteiger partial charge in [0.15, 0.2) is 0 Å². The molecule has 13 heavy (non-hydrogen) atoms. The molecular formula is C6H10O6S. The Kier molecular flexibility index (Phi) is 4.60. The summed E-state index contributed by atoms with van der Waals surface area (Å²) in [6.45, 7) is 1.54. The van der Waals surface area contributed by atoms with E-state index in [0.29, 0.717) is 0 Å². The third kappa shape index (κ3) is 6.26. The number of hydrogen-bond acceptors (Lipinski definition) is 4. The number of ether oxygens (including phenoxy) is 1. The second-order valence-electron chi connectivity index (χ2n) is 2.10. The van der Waals surface area contributed by atoms with Crippen LogP contribution in [0.2, 0.25) is 0 Å². The van der Waals surface area contributed by atoms with Crippen molar-refractivity contribution in [3.8, 4) is 0 Å². The third-order valence-electron chi connectivity index (χ3n) is 1.03. The van der Waals surface area contributed by atoms with E-state index in [-0.39, 0.29) is 18.6 Å². The Morgan fingerprint density at radius 2 is 2.08 bits per heavy atom. The van der Waals surface area contributed by atoms with Crippen molar-refractivity contribution in [2.24, 2.45) is 0 Å². The normalized spacial score (nSPS) is 12.9. The van der Waals surface area contributed by atoms with Gasteiger partial charge in [-0.25, -0.2) is 4.79 Å². The van der Waals surface area contributed by atoms with E-state index >= 15 is 0 Å².